The molecule has 8 nitrogen and oxygen atoms in total. The molecule has 1 aliphatic heterocycles. The zero-order valence-corrected chi connectivity index (χ0v) is 26.0. The van der Waals surface area contributed by atoms with E-state index in [2.05, 4.69) is 16.5 Å². The van der Waals surface area contributed by atoms with Gasteiger partial charge in [0.15, 0.2) is 6.29 Å². The number of anilines is 1. The van der Waals surface area contributed by atoms with E-state index in [1.165, 1.54) is 0 Å². The summed E-state index contributed by atoms with van der Waals surface area (Å²) in [5, 5.41) is 20.6. The van der Waals surface area contributed by atoms with E-state index in [0.29, 0.717) is 12.2 Å². The van der Waals surface area contributed by atoms with Gasteiger partial charge < -0.3 is 19.7 Å². The van der Waals surface area contributed by atoms with Crippen LogP contribution in [-0.2, 0) is 26.1 Å². The van der Waals surface area contributed by atoms with Gasteiger partial charge in [-0.3, -0.25) is 9.62 Å². The van der Waals surface area contributed by atoms with Gasteiger partial charge in [-0.25, -0.2) is 8.42 Å². The fraction of sp³-hybridized carbons (Fsp3) is 0.314. The summed E-state index contributed by atoms with van der Waals surface area (Å²) in [6.07, 6.45) is -1.92. The number of hydrogen-bond acceptors (Lipinski definition) is 7. The zero-order chi connectivity index (χ0) is 31.3. The SMILES string of the molecule is CC1C(CN(C)C(C)C(O)c2ccccc2)OC(c2ccc(NS(=O)(=O)c3ccccc3)cc2)OC1c1ccc(CO)cc1. The summed E-state index contributed by atoms with van der Waals surface area (Å²) < 4.78 is 41.4. The molecule has 0 saturated carbocycles. The molecular formula is C35H40N2O6S. The van der Waals surface area contributed by atoms with Crippen molar-refractivity contribution in [2.75, 3.05) is 18.3 Å². The molecule has 1 saturated heterocycles. The molecule has 0 aromatic heterocycles. The summed E-state index contributed by atoms with van der Waals surface area (Å²) >= 11 is 0. The van der Waals surface area contributed by atoms with Gasteiger partial charge in [0.25, 0.3) is 10.0 Å². The second kappa shape index (κ2) is 14.0. The maximum Gasteiger partial charge on any atom is 0.261 e. The number of aliphatic hydroxyl groups is 2. The number of nitrogens with zero attached hydrogens (tertiary/aromatic N) is 1. The first-order valence-electron chi connectivity index (χ1n) is 14.8. The Morgan fingerprint density at radius 2 is 1.43 bits per heavy atom. The first-order chi connectivity index (χ1) is 21.2. The van der Waals surface area contributed by atoms with Crippen molar-refractivity contribution in [2.24, 2.45) is 5.92 Å². The standard InChI is InChI=1S/C35H40N2O6S/c1-24-32(22-37(3)25(2)33(39)27-10-6-4-7-11-27)42-35(43-34(24)28-16-14-26(23-38)15-17-28)29-18-20-30(21-19-29)36-44(40,41)31-12-8-5-9-13-31/h4-21,24-25,32-36,38-39H,22-23H2,1-3H3. The summed E-state index contributed by atoms with van der Waals surface area (Å²) in [5.74, 6) is -0.0355. The largest absolute Gasteiger partial charge is 0.392 e. The van der Waals surface area contributed by atoms with Gasteiger partial charge in [0, 0.05) is 29.8 Å². The Hall–Kier alpha value is -3.57. The lowest BCUT2D eigenvalue weighted by Gasteiger charge is -2.43. The van der Waals surface area contributed by atoms with E-state index >= 15 is 0 Å². The number of aliphatic hydroxyl groups excluding tert-OH is 2. The third kappa shape index (κ3) is 7.38. The lowest BCUT2D eigenvalue weighted by atomic mass is 9.89. The number of benzene rings is 4. The molecule has 4 aromatic carbocycles. The van der Waals surface area contributed by atoms with Crippen LogP contribution in [0, 0.1) is 5.92 Å². The average molecular weight is 617 g/mol. The van der Waals surface area contributed by atoms with Crippen LogP contribution in [0.4, 0.5) is 5.69 Å². The van der Waals surface area contributed by atoms with Crippen LogP contribution < -0.4 is 4.72 Å². The number of hydrogen-bond donors (Lipinski definition) is 3. The monoisotopic (exact) mass is 616 g/mol. The normalized spacial score (nSPS) is 22.0. The van der Waals surface area contributed by atoms with Crippen molar-refractivity contribution >= 4 is 15.7 Å². The van der Waals surface area contributed by atoms with E-state index in [-0.39, 0.29) is 35.7 Å². The molecule has 0 bridgehead atoms. The van der Waals surface area contributed by atoms with E-state index < -0.39 is 22.4 Å². The van der Waals surface area contributed by atoms with Crippen molar-refractivity contribution < 1.29 is 28.1 Å². The highest BCUT2D eigenvalue weighted by atomic mass is 32.2. The van der Waals surface area contributed by atoms with Crippen molar-refractivity contribution in [3.8, 4) is 0 Å². The maximum absolute atomic E-state index is 12.8. The van der Waals surface area contributed by atoms with Crippen molar-refractivity contribution in [1.82, 2.24) is 4.90 Å². The molecule has 1 aliphatic rings. The lowest BCUT2D eigenvalue weighted by molar-refractivity contribution is -0.276. The number of ether oxygens (including phenoxy) is 2. The van der Waals surface area contributed by atoms with Crippen LogP contribution in [0.15, 0.2) is 114 Å². The van der Waals surface area contributed by atoms with E-state index in [1.807, 2.05) is 68.6 Å². The van der Waals surface area contributed by atoms with Gasteiger partial charge in [-0.2, -0.15) is 0 Å². The highest BCUT2D eigenvalue weighted by Crippen LogP contribution is 2.42. The molecule has 6 atom stereocenters. The number of nitrogens with one attached hydrogen (secondary N) is 1. The van der Waals surface area contributed by atoms with Crippen molar-refractivity contribution in [3.63, 3.8) is 0 Å². The first kappa shape index (κ1) is 31.8. The van der Waals surface area contributed by atoms with Gasteiger partial charge in [-0.1, -0.05) is 91.9 Å². The molecule has 3 N–H and O–H groups in total. The van der Waals surface area contributed by atoms with Crippen LogP contribution in [0.3, 0.4) is 0 Å². The Bertz CT molecular complexity index is 1580. The molecule has 1 heterocycles. The van der Waals surface area contributed by atoms with Gasteiger partial charge in [-0.05, 0) is 54.9 Å². The number of rotatable bonds is 11. The fourth-order valence-electron chi connectivity index (χ4n) is 5.47. The Labute approximate surface area is 259 Å². The van der Waals surface area contributed by atoms with E-state index in [4.69, 9.17) is 9.47 Å². The third-order valence-corrected chi connectivity index (χ3v) is 9.77. The second-order valence-corrected chi connectivity index (χ2v) is 13.1. The summed E-state index contributed by atoms with van der Waals surface area (Å²) in [4.78, 5) is 2.29. The number of sulfonamides is 1. The Morgan fingerprint density at radius 3 is 2.05 bits per heavy atom. The predicted octanol–water partition coefficient (Wildman–Crippen LogP) is 5.83. The van der Waals surface area contributed by atoms with Crippen LogP contribution in [-0.4, -0.2) is 49.3 Å². The summed E-state index contributed by atoms with van der Waals surface area (Å²) in [6.45, 7) is 4.60. The molecule has 0 amide bonds. The van der Waals surface area contributed by atoms with Gasteiger partial charge in [0.2, 0.25) is 0 Å². The van der Waals surface area contributed by atoms with Gasteiger partial charge >= 0.3 is 0 Å². The molecule has 4 aromatic rings. The maximum atomic E-state index is 12.8. The Morgan fingerprint density at radius 1 is 0.841 bits per heavy atom. The van der Waals surface area contributed by atoms with Gasteiger partial charge in [0.05, 0.1) is 29.8 Å². The summed E-state index contributed by atoms with van der Waals surface area (Å²) in [6, 6.07) is 32.4. The number of likely N-dealkylation sites (N-methyl/N-ethyl adjacent to an activating group) is 1. The van der Waals surface area contributed by atoms with Crippen LogP contribution in [0.1, 0.15) is 54.6 Å². The second-order valence-electron chi connectivity index (χ2n) is 11.4. The molecule has 9 heteroatoms. The Kier molecular flexibility index (Phi) is 10.2. The van der Waals surface area contributed by atoms with Gasteiger partial charge in [0.1, 0.15) is 0 Å². The highest BCUT2D eigenvalue weighted by Gasteiger charge is 2.39. The molecule has 0 radical (unpaired) electrons. The van der Waals surface area contributed by atoms with Crippen molar-refractivity contribution in [1.29, 1.82) is 0 Å². The topological polar surface area (TPSA) is 108 Å². The zero-order valence-electron chi connectivity index (χ0n) is 25.2. The first-order valence-corrected chi connectivity index (χ1v) is 16.3. The third-order valence-electron chi connectivity index (χ3n) is 8.37. The summed E-state index contributed by atoms with van der Waals surface area (Å²) in [7, 11) is -1.74. The molecule has 0 spiro atoms. The van der Waals surface area contributed by atoms with Crippen LogP contribution >= 0.6 is 0 Å². The van der Waals surface area contributed by atoms with Crippen LogP contribution in [0.2, 0.25) is 0 Å². The molecular weight excluding hydrogens is 576 g/mol. The van der Waals surface area contributed by atoms with Crippen LogP contribution in [0.5, 0.6) is 0 Å². The molecule has 44 heavy (non-hydrogen) atoms. The van der Waals surface area contributed by atoms with Gasteiger partial charge in [-0.15, -0.1) is 0 Å². The minimum absolute atomic E-state index is 0.0355. The molecule has 1 fully saturated rings. The minimum atomic E-state index is -3.72. The van der Waals surface area contributed by atoms with E-state index in [1.54, 1.807) is 54.6 Å². The van der Waals surface area contributed by atoms with Crippen molar-refractivity contribution in [3.05, 3.63) is 131 Å². The van der Waals surface area contributed by atoms with E-state index in [9.17, 15) is 18.6 Å². The molecule has 5 rings (SSSR count). The average Bonchev–Trinajstić information content (AvgIpc) is 3.06. The smallest absolute Gasteiger partial charge is 0.261 e. The van der Waals surface area contributed by atoms with Crippen molar-refractivity contribution in [2.45, 2.75) is 56.0 Å². The predicted molar refractivity (Wildman–Crippen MR) is 170 cm³/mol. The quantitative estimate of drug-likeness (QED) is 0.195. The highest BCUT2D eigenvalue weighted by molar-refractivity contribution is 7.92. The minimum Gasteiger partial charge on any atom is -0.392 e. The van der Waals surface area contributed by atoms with Crippen LogP contribution in [0.25, 0.3) is 0 Å². The molecule has 0 aliphatic carbocycles. The molecule has 6 unspecified atom stereocenters. The Balaban J connectivity index is 1.36. The summed E-state index contributed by atoms with van der Waals surface area (Å²) in [5.41, 5.74) is 3.83. The van der Waals surface area contributed by atoms with E-state index in [0.717, 1.165) is 22.3 Å². The fourth-order valence-corrected chi connectivity index (χ4v) is 6.55. The lowest BCUT2D eigenvalue weighted by Crippen LogP contribution is -2.46. The molecule has 232 valence electrons.